The molecule has 0 aliphatic heterocycles. The molecule has 13 heavy (non-hydrogen) atoms. The fourth-order valence-corrected chi connectivity index (χ4v) is 3.64. The maximum absolute atomic E-state index is 5.66. The number of thioether (sulfide) groups is 1. The van der Waals surface area contributed by atoms with E-state index in [0.717, 1.165) is 12.3 Å². The van der Waals surface area contributed by atoms with Crippen molar-refractivity contribution in [3.8, 4) is 0 Å². The Hall–Kier alpha value is 0.490. The van der Waals surface area contributed by atoms with Crippen LogP contribution in [0.4, 0.5) is 0 Å². The van der Waals surface area contributed by atoms with Gasteiger partial charge in [0.25, 0.3) is 0 Å². The van der Waals surface area contributed by atoms with Crippen LogP contribution in [0.5, 0.6) is 0 Å². The molecule has 1 aromatic heterocycles. The van der Waals surface area contributed by atoms with Gasteiger partial charge in [0.15, 0.2) is 0 Å². The lowest BCUT2D eigenvalue weighted by Crippen LogP contribution is -2.25. The lowest BCUT2D eigenvalue weighted by molar-refractivity contribution is 0.439. The number of rotatable bonds is 4. The summed E-state index contributed by atoms with van der Waals surface area (Å²) in [6.45, 7) is 5.14. The number of nitrogens with two attached hydrogens (primary N) is 1. The SMILES string of the molecule is CC(C)(CN)CSc1ccc(Br)s1. The minimum Gasteiger partial charge on any atom is -0.330 e. The van der Waals surface area contributed by atoms with Crippen LogP contribution < -0.4 is 5.73 Å². The van der Waals surface area contributed by atoms with E-state index >= 15 is 0 Å². The van der Waals surface area contributed by atoms with E-state index in [0.29, 0.717) is 0 Å². The zero-order chi connectivity index (χ0) is 9.90. The summed E-state index contributed by atoms with van der Waals surface area (Å²) in [4.78, 5) is 0. The summed E-state index contributed by atoms with van der Waals surface area (Å²) in [5.41, 5.74) is 5.89. The lowest BCUT2D eigenvalue weighted by atomic mass is 9.97. The predicted molar refractivity (Wildman–Crippen MR) is 65.6 cm³/mol. The molecule has 1 rings (SSSR count). The Kier molecular flexibility index (Phi) is 4.29. The number of thiophene rings is 1. The van der Waals surface area contributed by atoms with Crippen molar-refractivity contribution in [3.63, 3.8) is 0 Å². The molecular formula is C9H14BrNS2. The van der Waals surface area contributed by atoms with Crippen molar-refractivity contribution in [2.75, 3.05) is 12.3 Å². The molecule has 0 bridgehead atoms. The second-order valence-corrected chi connectivity index (χ2v) is 7.45. The summed E-state index contributed by atoms with van der Waals surface area (Å²) in [7, 11) is 0. The quantitative estimate of drug-likeness (QED) is 0.853. The first kappa shape index (κ1) is 11.6. The molecule has 0 aromatic carbocycles. The highest BCUT2D eigenvalue weighted by atomic mass is 79.9. The first-order chi connectivity index (χ1) is 6.03. The Labute approximate surface area is 96.2 Å². The van der Waals surface area contributed by atoms with Crippen LogP contribution in [0.25, 0.3) is 0 Å². The molecule has 0 aliphatic carbocycles. The van der Waals surface area contributed by atoms with Crippen LogP contribution in [0.2, 0.25) is 0 Å². The van der Waals surface area contributed by atoms with Crippen molar-refractivity contribution in [3.05, 3.63) is 15.9 Å². The van der Waals surface area contributed by atoms with E-state index in [1.165, 1.54) is 8.00 Å². The van der Waals surface area contributed by atoms with Crippen molar-refractivity contribution in [1.82, 2.24) is 0 Å². The van der Waals surface area contributed by atoms with Crippen molar-refractivity contribution < 1.29 is 0 Å². The molecule has 0 spiro atoms. The smallest absolute Gasteiger partial charge is 0.0710 e. The Morgan fingerprint density at radius 1 is 1.54 bits per heavy atom. The first-order valence-corrected chi connectivity index (χ1v) is 6.71. The van der Waals surface area contributed by atoms with Crippen molar-refractivity contribution >= 4 is 39.0 Å². The number of halogens is 1. The largest absolute Gasteiger partial charge is 0.330 e. The third kappa shape index (κ3) is 4.02. The summed E-state index contributed by atoms with van der Waals surface area (Å²) in [5.74, 6) is 1.08. The van der Waals surface area contributed by atoms with Gasteiger partial charge in [-0.05, 0) is 40.0 Å². The average molecular weight is 280 g/mol. The van der Waals surface area contributed by atoms with Gasteiger partial charge in [-0.25, -0.2) is 0 Å². The van der Waals surface area contributed by atoms with Gasteiger partial charge in [-0.2, -0.15) is 0 Å². The molecule has 74 valence electrons. The van der Waals surface area contributed by atoms with Crippen LogP contribution in [-0.4, -0.2) is 12.3 Å². The molecule has 0 aliphatic rings. The molecule has 1 aromatic rings. The van der Waals surface area contributed by atoms with E-state index in [1.54, 1.807) is 11.3 Å². The zero-order valence-electron chi connectivity index (χ0n) is 7.84. The molecule has 0 atom stereocenters. The van der Waals surface area contributed by atoms with Gasteiger partial charge in [0.05, 0.1) is 8.00 Å². The molecule has 2 N–H and O–H groups in total. The summed E-state index contributed by atoms with van der Waals surface area (Å²) in [5, 5.41) is 0. The standard InChI is InChI=1S/C9H14BrNS2/c1-9(2,5-11)6-12-8-4-3-7(10)13-8/h3-4H,5-6,11H2,1-2H3. The van der Waals surface area contributed by atoms with Crippen LogP contribution in [0.3, 0.4) is 0 Å². The van der Waals surface area contributed by atoms with E-state index in [2.05, 4.69) is 41.9 Å². The fourth-order valence-electron chi connectivity index (χ4n) is 0.701. The van der Waals surface area contributed by atoms with E-state index in [4.69, 9.17) is 5.73 Å². The van der Waals surface area contributed by atoms with Crippen LogP contribution in [0.15, 0.2) is 20.1 Å². The number of hydrogen-bond acceptors (Lipinski definition) is 3. The summed E-state index contributed by atoms with van der Waals surface area (Å²) in [6, 6.07) is 4.23. The van der Waals surface area contributed by atoms with E-state index in [1.807, 2.05) is 11.8 Å². The van der Waals surface area contributed by atoms with E-state index in [-0.39, 0.29) is 5.41 Å². The maximum Gasteiger partial charge on any atom is 0.0710 e. The van der Waals surface area contributed by atoms with Gasteiger partial charge in [0.2, 0.25) is 0 Å². The summed E-state index contributed by atoms with van der Waals surface area (Å²) in [6.07, 6.45) is 0. The highest BCUT2D eigenvalue weighted by Gasteiger charge is 2.15. The second kappa shape index (κ2) is 4.82. The topological polar surface area (TPSA) is 26.0 Å². The molecule has 1 nitrogen and oxygen atoms in total. The first-order valence-electron chi connectivity index (χ1n) is 4.12. The third-order valence-electron chi connectivity index (χ3n) is 1.71. The van der Waals surface area contributed by atoms with Crippen molar-refractivity contribution in [2.45, 2.75) is 18.1 Å². The third-order valence-corrected chi connectivity index (χ3v) is 5.07. The highest BCUT2D eigenvalue weighted by Crippen LogP contribution is 2.33. The summed E-state index contributed by atoms with van der Waals surface area (Å²) < 4.78 is 2.55. The Morgan fingerprint density at radius 3 is 2.69 bits per heavy atom. The molecule has 0 fully saturated rings. The molecule has 0 unspecified atom stereocenters. The molecular weight excluding hydrogens is 266 g/mol. The second-order valence-electron chi connectivity index (χ2n) is 3.72. The average Bonchev–Trinajstić information content (AvgIpc) is 2.48. The van der Waals surface area contributed by atoms with Gasteiger partial charge < -0.3 is 5.73 Å². The predicted octanol–water partition coefficient (Wildman–Crippen LogP) is 3.59. The Balaban J connectivity index is 2.43. The van der Waals surface area contributed by atoms with Gasteiger partial charge in [-0.3, -0.25) is 0 Å². The van der Waals surface area contributed by atoms with Gasteiger partial charge in [0.1, 0.15) is 0 Å². The summed E-state index contributed by atoms with van der Waals surface area (Å²) >= 11 is 7.11. The molecule has 4 heteroatoms. The van der Waals surface area contributed by atoms with Crippen molar-refractivity contribution in [1.29, 1.82) is 0 Å². The zero-order valence-corrected chi connectivity index (χ0v) is 11.1. The normalized spacial score (nSPS) is 12.0. The molecule has 0 amide bonds. The van der Waals surface area contributed by atoms with E-state index in [9.17, 15) is 0 Å². The maximum atomic E-state index is 5.66. The molecule has 1 heterocycles. The Bertz CT molecular complexity index is 270. The van der Waals surface area contributed by atoms with Crippen molar-refractivity contribution in [2.24, 2.45) is 11.1 Å². The number of hydrogen-bond donors (Lipinski definition) is 1. The molecule has 0 saturated carbocycles. The van der Waals surface area contributed by atoms with Crippen LogP contribution in [0.1, 0.15) is 13.8 Å². The van der Waals surface area contributed by atoms with Gasteiger partial charge in [-0.15, -0.1) is 23.1 Å². The molecule has 0 radical (unpaired) electrons. The van der Waals surface area contributed by atoms with Gasteiger partial charge >= 0.3 is 0 Å². The van der Waals surface area contributed by atoms with Crippen LogP contribution >= 0.6 is 39.0 Å². The van der Waals surface area contributed by atoms with Gasteiger partial charge in [-0.1, -0.05) is 13.8 Å². The van der Waals surface area contributed by atoms with Gasteiger partial charge in [0, 0.05) is 5.75 Å². The minimum absolute atomic E-state index is 0.237. The van der Waals surface area contributed by atoms with E-state index < -0.39 is 0 Å². The fraction of sp³-hybridized carbons (Fsp3) is 0.556. The minimum atomic E-state index is 0.237. The highest BCUT2D eigenvalue weighted by molar-refractivity contribution is 9.11. The lowest BCUT2D eigenvalue weighted by Gasteiger charge is -2.20. The van der Waals surface area contributed by atoms with Crippen LogP contribution in [-0.2, 0) is 0 Å². The van der Waals surface area contributed by atoms with Crippen LogP contribution in [0, 0.1) is 5.41 Å². The molecule has 0 saturated heterocycles. The monoisotopic (exact) mass is 279 g/mol. The Morgan fingerprint density at radius 2 is 2.23 bits per heavy atom.